The van der Waals surface area contributed by atoms with E-state index in [-0.39, 0.29) is 64.6 Å². The highest BCUT2D eigenvalue weighted by Gasteiger charge is 2.82. The van der Waals surface area contributed by atoms with Crippen molar-refractivity contribution in [3.63, 3.8) is 0 Å². The number of hydrogen-bond acceptors (Lipinski definition) is 7. The first-order chi connectivity index (χ1) is 20.8. The first-order valence-corrected chi connectivity index (χ1v) is 17.7. The minimum Gasteiger partial charge on any atom is -0.446 e. The van der Waals surface area contributed by atoms with Crippen molar-refractivity contribution >= 4 is 12.2 Å². The third-order valence-electron chi connectivity index (χ3n) is 14.7. The number of aliphatic hydroxyl groups excluding tert-OH is 1. The number of nitrogens with one attached hydrogen (secondary N) is 3. The van der Waals surface area contributed by atoms with Crippen LogP contribution in [0.4, 0.5) is 9.59 Å². The van der Waals surface area contributed by atoms with E-state index in [1.807, 2.05) is 0 Å². The molecule has 7 fully saturated rings. The highest BCUT2D eigenvalue weighted by molar-refractivity contribution is 5.68. The van der Waals surface area contributed by atoms with Crippen LogP contribution in [0, 0.1) is 57.2 Å². The lowest BCUT2D eigenvalue weighted by Gasteiger charge is -2.59. The number of ether oxygens (including phenoxy) is 3. The molecule has 5 saturated carbocycles. The van der Waals surface area contributed by atoms with Crippen molar-refractivity contribution in [3.05, 3.63) is 0 Å². The fourth-order valence-corrected chi connectivity index (χ4v) is 12.8. The molecule has 13 atom stereocenters. The predicted octanol–water partition coefficient (Wildman–Crippen LogP) is 4.86. The van der Waals surface area contributed by atoms with Crippen LogP contribution in [0.2, 0.25) is 0 Å². The quantitative estimate of drug-likeness (QED) is 0.349. The molecule has 5 aliphatic carbocycles. The largest absolute Gasteiger partial charge is 0.446 e. The average Bonchev–Trinajstić information content (AvgIpc) is 3.55. The van der Waals surface area contributed by atoms with Gasteiger partial charge in [-0.1, -0.05) is 41.5 Å². The third-order valence-corrected chi connectivity index (χ3v) is 14.7. The molecular formula is C35H57N3O6. The molecule has 7 rings (SSSR count). The van der Waals surface area contributed by atoms with Gasteiger partial charge >= 0.3 is 12.2 Å². The molecule has 2 aliphatic heterocycles. The minimum atomic E-state index is -0.503. The summed E-state index contributed by atoms with van der Waals surface area (Å²) in [6, 6.07) is 0.183. The molecule has 0 aromatic rings. The van der Waals surface area contributed by atoms with Gasteiger partial charge in [0.15, 0.2) is 0 Å². The molecule has 0 aromatic carbocycles. The fourth-order valence-electron chi connectivity index (χ4n) is 12.8. The van der Waals surface area contributed by atoms with E-state index in [4.69, 9.17) is 14.2 Å². The summed E-state index contributed by atoms with van der Waals surface area (Å²) in [5, 5.41) is 21.1. The zero-order chi connectivity index (χ0) is 31.4. The van der Waals surface area contributed by atoms with Gasteiger partial charge in [-0.15, -0.1) is 0 Å². The molecule has 0 bridgehead atoms. The van der Waals surface area contributed by atoms with E-state index in [0.29, 0.717) is 29.1 Å². The zero-order valence-corrected chi connectivity index (χ0v) is 28.0. The van der Waals surface area contributed by atoms with E-state index in [0.717, 1.165) is 51.6 Å². The smallest absolute Gasteiger partial charge is 0.407 e. The van der Waals surface area contributed by atoms with Gasteiger partial charge in [0.1, 0.15) is 12.2 Å². The van der Waals surface area contributed by atoms with Gasteiger partial charge < -0.3 is 35.3 Å². The molecule has 0 radical (unpaired) electrons. The van der Waals surface area contributed by atoms with Gasteiger partial charge in [-0.3, -0.25) is 0 Å². The molecule has 9 nitrogen and oxygen atoms in total. The topological polar surface area (TPSA) is 118 Å². The van der Waals surface area contributed by atoms with E-state index in [9.17, 15) is 14.7 Å². The van der Waals surface area contributed by atoms with E-state index in [1.165, 1.54) is 12.8 Å². The minimum absolute atomic E-state index is 0.0419. The summed E-state index contributed by atoms with van der Waals surface area (Å²) in [5.74, 6) is 2.06. The summed E-state index contributed by atoms with van der Waals surface area (Å²) in [6.45, 7) is 15.3. The van der Waals surface area contributed by atoms with Gasteiger partial charge in [0, 0.05) is 25.6 Å². The maximum atomic E-state index is 12.8. The Morgan fingerprint density at radius 3 is 2.41 bits per heavy atom. The number of alkyl carbamates (subject to hydrolysis) is 2. The molecule has 9 heteroatoms. The van der Waals surface area contributed by atoms with Crippen LogP contribution in [-0.4, -0.2) is 74.0 Å². The Hall–Kier alpha value is -1.58. The molecule has 4 N–H and O–H groups in total. The van der Waals surface area contributed by atoms with Gasteiger partial charge in [0.2, 0.25) is 0 Å². The number of fused-ring (bicyclic) bond motifs is 4. The summed E-state index contributed by atoms with van der Waals surface area (Å²) < 4.78 is 18.8. The number of carbonyl (C=O) groups is 2. The molecule has 0 aromatic heterocycles. The SMILES string of the molecule is CNC(=O)O[C@H](C(C)C)C1C[C@@H](C)[C@H]2C(O1)C(O)C1C3CC[C@H]4C(C)(C)[C@@H](OC(=O)NC5CNC5)CC[C@@]45C[C@@]35CCC12C. The zero-order valence-electron chi connectivity index (χ0n) is 28.0. The second-order valence-electron chi connectivity index (χ2n) is 17.2. The molecule has 6 unspecified atom stereocenters. The van der Waals surface area contributed by atoms with Crippen LogP contribution < -0.4 is 16.0 Å². The van der Waals surface area contributed by atoms with Crippen molar-refractivity contribution in [3.8, 4) is 0 Å². The highest BCUT2D eigenvalue weighted by atomic mass is 16.6. The van der Waals surface area contributed by atoms with Crippen LogP contribution in [0.5, 0.6) is 0 Å². The highest BCUT2D eigenvalue weighted by Crippen LogP contribution is 2.87. The van der Waals surface area contributed by atoms with E-state index in [1.54, 1.807) is 7.05 Å². The van der Waals surface area contributed by atoms with Crippen LogP contribution >= 0.6 is 0 Å². The normalized spacial score (nSPS) is 49.2. The lowest BCUT2D eigenvalue weighted by Crippen LogP contribution is -2.59. The Balaban J connectivity index is 1.10. The average molecular weight is 616 g/mol. The molecular weight excluding hydrogens is 558 g/mol. The Morgan fingerprint density at radius 1 is 1.00 bits per heavy atom. The molecule has 2 heterocycles. The summed E-state index contributed by atoms with van der Waals surface area (Å²) in [6.07, 6.45) is 6.75. The van der Waals surface area contributed by atoms with Crippen LogP contribution in [0.15, 0.2) is 0 Å². The summed E-state index contributed by atoms with van der Waals surface area (Å²) in [5.41, 5.74) is 0.538. The molecule has 2 spiro atoms. The van der Waals surface area contributed by atoms with Crippen LogP contribution in [0.1, 0.15) is 92.9 Å². The van der Waals surface area contributed by atoms with E-state index in [2.05, 4.69) is 57.5 Å². The predicted molar refractivity (Wildman–Crippen MR) is 166 cm³/mol. The van der Waals surface area contributed by atoms with Crippen molar-refractivity contribution < 1.29 is 28.9 Å². The number of aliphatic hydroxyl groups is 1. The lowest BCUT2D eigenvalue weighted by molar-refractivity contribution is -0.177. The van der Waals surface area contributed by atoms with Gasteiger partial charge in [0.25, 0.3) is 0 Å². The van der Waals surface area contributed by atoms with Gasteiger partial charge in [0.05, 0.1) is 24.4 Å². The van der Waals surface area contributed by atoms with Crippen molar-refractivity contribution in [1.82, 2.24) is 16.0 Å². The molecule has 7 aliphatic rings. The Morgan fingerprint density at radius 2 is 1.75 bits per heavy atom. The fraction of sp³-hybridized carbons (Fsp3) is 0.943. The van der Waals surface area contributed by atoms with Crippen LogP contribution in [0.25, 0.3) is 0 Å². The number of rotatable bonds is 5. The number of carbonyl (C=O) groups excluding carboxylic acids is 2. The summed E-state index contributed by atoms with van der Waals surface area (Å²) in [7, 11) is 1.59. The molecule has 248 valence electrons. The first kappa shape index (κ1) is 31.0. The third kappa shape index (κ3) is 4.26. The number of hydrogen-bond donors (Lipinski definition) is 4. The van der Waals surface area contributed by atoms with Crippen molar-refractivity contribution in [2.75, 3.05) is 20.1 Å². The Bertz CT molecular complexity index is 1160. The van der Waals surface area contributed by atoms with Crippen LogP contribution in [-0.2, 0) is 14.2 Å². The summed E-state index contributed by atoms with van der Waals surface area (Å²) >= 11 is 0. The van der Waals surface area contributed by atoms with Crippen molar-refractivity contribution in [2.45, 2.75) is 129 Å². The molecule has 2 amide bonds. The monoisotopic (exact) mass is 615 g/mol. The van der Waals surface area contributed by atoms with E-state index < -0.39 is 12.2 Å². The van der Waals surface area contributed by atoms with Gasteiger partial charge in [-0.05, 0) is 103 Å². The number of amides is 2. The second-order valence-corrected chi connectivity index (χ2v) is 17.2. The van der Waals surface area contributed by atoms with Crippen LogP contribution in [0.3, 0.4) is 0 Å². The van der Waals surface area contributed by atoms with Crippen molar-refractivity contribution in [1.29, 1.82) is 0 Å². The van der Waals surface area contributed by atoms with Gasteiger partial charge in [-0.25, -0.2) is 9.59 Å². The Labute approximate surface area is 263 Å². The molecule has 44 heavy (non-hydrogen) atoms. The standard InChI is InChI=1S/C35H57N3O6/c1-18(2)28(44-30(40)36-7)22-14-19(3)25-29(42-22)27(39)26-21-8-9-23-32(4,5)24(43-31(41)38-20-15-37-16-20)10-11-35(23)17-34(21,35)13-12-33(25,26)6/h18-29,37,39H,8-17H2,1-7H3,(H,36,40)(H,38,41)/t19-,21?,22?,23+,24+,25+,26?,27?,28-,29?,33?,34+,35-/m1/s1. The van der Waals surface area contributed by atoms with Crippen molar-refractivity contribution in [2.24, 2.45) is 57.2 Å². The second kappa shape index (κ2) is 10.5. The molecule has 2 saturated heterocycles. The Kier molecular flexibility index (Phi) is 7.38. The van der Waals surface area contributed by atoms with Gasteiger partial charge in [-0.2, -0.15) is 0 Å². The first-order valence-electron chi connectivity index (χ1n) is 17.7. The maximum Gasteiger partial charge on any atom is 0.407 e. The maximum absolute atomic E-state index is 12.8. The summed E-state index contributed by atoms with van der Waals surface area (Å²) in [4.78, 5) is 25.0. The lowest BCUT2D eigenvalue weighted by atomic mass is 9.46. The van der Waals surface area contributed by atoms with E-state index >= 15 is 0 Å².